The van der Waals surface area contributed by atoms with Gasteiger partial charge in [0.25, 0.3) is 0 Å². The highest BCUT2D eigenvalue weighted by atomic mass is 35.5. The van der Waals surface area contributed by atoms with Crippen LogP contribution < -0.4 is 0 Å². The van der Waals surface area contributed by atoms with Crippen molar-refractivity contribution in [3.05, 3.63) is 34.6 Å². The summed E-state index contributed by atoms with van der Waals surface area (Å²) in [6.07, 6.45) is 6.04. The van der Waals surface area contributed by atoms with Gasteiger partial charge in [0, 0.05) is 0 Å². The van der Waals surface area contributed by atoms with Gasteiger partial charge in [-0.15, -0.1) is 0 Å². The van der Waals surface area contributed by atoms with Crippen molar-refractivity contribution < 1.29 is 4.39 Å². The molecule has 0 N–H and O–H groups in total. The van der Waals surface area contributed by atoms with Gasteiger partial charge in [-0.05, 0) is 42.9 Å². The quantitative estimate of drug-likeness (QED) is 0.752. The lowest BCUT2D eigenvalue weighted by molar-refractivity contribution is 0.194. The minimum absolute atomic E-state index is 0.147. The van der Waals surface area contributed by atoms with Gasteiger partial charge in [0.05, 0.1) is 16.5 Å². The first-order chi connectivity index (χ1) is 9.08. The first-order valence-corrected chi connectivity index (χ1v) is 7.31. The maximum absolute atomic E-state index is 13.2. The second-order valence-electron chi connectivity index (χ2n) is 5.69. The Morgan fingerprint density at radius 3 is 2.95 bits per heavy atom. The van der Waals surface area contributed by atoms with E-state index < -0.39 is 5.82 Å². The minimum Gasteiger partial charge on any atom is -0.205 e. The molecule has 19 heavy (non-hydrogen) atoms. The van der Waals surface area contributed by atoms with Gasteiger partial charge in [0.1, 0.15) is 5.82 Å². The molecule has 1 aliphatic carbocycles. The topological polar surface area (TPSA) is 23.8 Å². The molecule has 0 aromatic heterocycles. The molecular formula is C16H19ClFN. The van der Waals surface area contributed by atoms with E-state index >= 15 is 0 Å². The standard InChI is InChI=1S/C16H19ClFN/c1-2-12-4-3-7-16(9-12,11-19)10-13-5-6-15(18)14(17)8-13/h5-6,8,12H,2-4,7,9-10H2,1H3. The van der Waals surface area contributed by atoms with Gasteiger partial charge in [-0.1, -0.05) is 43.9 Å². The van der Waals surface area contributed by atoms with Gasteiger partial charge in [-0.3, -0.25) is 0 Å². The van der Waals surface area contributed by atoms with Gasteiger partial charge in [0.15, 0.2) is 0 Å². The molecule has 0 spiro atoms. The number of hydrogen-bond donors (Lipinski definition) is 0. The van der Waals surface area contributed by atoms with E-state index in [4.69, 9.17) is 11.6 Å². The normalized spacial score (nSPS) is 26.9. The Hall–Kier alpha value is -1.07. The predicted molar refractivity (Wildman–Crippen MR) is 75.4 cm³/mol. The molecule has 102 valence electrons. The number of rotatable bonds is 3. The van der Waals surface area contributed by atoms with Crippen LogP contribution in [0.1, 0.15) is 44.6 Å². The Kier molecular flexibility index (Phi) is 4.47. The molecule has 1 aromatic rings. The van der Waals surface area contributed by atoms with Crippen LogP contribution in [0, 0.1) is 28.5 Å². The lowest BCUT2D eigenvalue weighted by Gasteiger charge is -2.35. The van der Waals surface area contributed by atoms with Crippen LogP contribution in [0.4, 0.5) is 4.39 Å². The fourth-order valence-corrected chi connectivity index (χ4v) is 3.38. The van der Waals surface area contributed by atoms with Gasteiger partial charge in [-0.25, -0.2) is 4.39 Å². The van der Waals surface area contributed by atoms with E-state index in [1.165, 1.54) is 12.5 Å². The van der Waals surface area contributed by atoms with Crippen LogP contribution in [-0.4, -0.2) is 0 Å². The third-order valence-electron chi connectivity index (χ3n) is 4.29. The van der Waals surface area contributed by atoms with Gasteiger partial charge in [0.2, 0.25) is 0 Å². The first kappa shape index (κ1) is 14.3. The molecule has 1 nitrogen and oxygen atoms in total. The molecule has 1 aliphatic rings. The highest BCUT2D eigenvalue weighted by molar-refractivity contribution is 6.30. The van der Waals surface area contributed by atoms with Crippen molar-refractivity contribution in [2.45, 2.75) is 45.4 Å². The number of benzene rings is 1. The summed E-state index contributed by atoms with van der Waals surface area (Å²) in [5.41, 5.74) is 0.671. The second-order valence-corrected chi connectivity index (χ2v) is 6.10. The molecule has 0 aliphatic heterocycles. The third kappa shape index (κ3) is 3.28. The molecule has 1 fully saturated rings. The predicted octanol–water partition coefficient (Wildman–Crippen LogP) is 5.13. The van der Waals surface area contributed by atoms with Crippen molar-refractivity contribution in [3.8, 4) is 6.07 Å². The summed E-state index contributed by atoms with van der Waals surface area (Å²) >= 11 is 5.82. The molecule has 2 rings (SSSR count). The van der Waals surface area contributed by atoms with Crippen molar-refractivity contribution in [2.75, 3.05) is 0 Å². The van der Waals surface area contributed by atoms with Gasteiger partial charge in [-0.2, -0.15) is 5.26 Å². The summed E-state index contributed by atoms with van der Waals surface area (Å²) < 4.78 is 13.2. The highest BCUT2D eigenvalue weighted by Crippen LogP contribution is 2.42. The number of nitrogens with zero attached hydrogens (tertiary/aromatic N) is 1. The number of halogens is 2. The first-order valence-electron chi connectivity index (χ1n) is 6.94. The summed E-state index contributed by atoms with van der Waals surface area (Å²) in [5.74, 6) is 0.246. The minimum atomic E-state index is -0.397. The smallest absolute Gasteiger partial charge is 0.141 e. The monoisotopic (exact) mass is 279 g/mol. The van der Waals surface area contributed by atoms with E-state index in [0.29, 0.717) is 12.3 Å². The zero-order valence-electron chi connectivity index (χ0n) is 11.3. The summed E-state index contributed by atoms with van der Waals surface area (Å²) in [7, 11) is 0. The van der Waals surface area contributed by atoms with Gasteiger partial charge >= 0.3 is 0 Å². The van der Waals surface area contributed by atoms with Crippen molar-refractivity contribution in [3.63, 3.8) is 0 Å². The Labute approximate surface area is 119 Å². The highest BCUT2D eigenvalue weighted by Gasteiger charge is 2.36. The maximum Gasteiger partial charge on any atom is 0.141 e. The van der Waals surface area contributed by atoms with E-state index in [0.717, 1.165) is 31.2 Å². The van der Waals surface area contributed by atoms with E-state index in [-0.39, 0.29) is 10.4 Å². The fraction of sp³-hybridized carbons (Fsp3) is 0.562. The molecule has 0 amide bonds. The molecule has 0 heterocycles. The zero-order chi connectivity index (χ0) is 13.9. The van der Waals surface area contributed by atoms with Crippen LogP contribution in [-0.2, 0) is 6.42 Å². The average molecular weight is 280 g/mol. The van der Waals surface area contributed by atoms with Crippen LogP contribution >= 0.6 is 11.6 Å². The number of hydrogen-bond acceptors (Lipinski definition) is 1. The van der Waals surface area contributed by atoms with Crippen molar-refractivity contribution in [1.29, 1.82) is 5.26 Å². The average Bonchev–Trinajstić information content (AvgIpc) is 2.43. The molecule has 0 saturated heterocycles. The lowest BCUT2D eigenvalue weighted by Crippen LogP contribution is -2.29. The van der Waals surface area contributed by atoms with E-state index in [9.17, 15) is 9.65 Å². The van der Waals surface area contributed by atoms with Crippen LogP contribution in [0.15, 0.2) is 18.2 Å². The summed E-state index contributed by atoms with van der Waals surface area (Å²) in [4.78, 5) is 0. The summed E-state index contributed by atoms with van der Waals surface area (Å²) in [5, 5.41) is 9.73. The molecular weight excluding hydrogens is 261 g/mol. The molecule has 0 bridgehead atoms. The van der Waals surface area contributed by atoms with E-state index in [1.807, 2.05) is 0 Å². The van der Waals surface area contributed by atoms with Crippen LogP contribution in [0.3, 0.4) is 0 Å². The van der Waals surface area contributed by atoms with E-state index in [2.05, 4.69) is 13.0 Å². The summed E-state index contributed by atoms with van der Waals surface area (Å²) in [6.45, 7) is 2.19. The Bertz CT molecular complexity index is 494. The van der Waals surface area contributed by atoms with E-state index in [1.54, 1.807) is 12.1 Å². The van der Waals surface area contributed by atoms with Crippen molar-refractivity contribution in [1.82, 2.24) is 0 Å². The summed E-state index contributed by atoms with van der Waals surface area (Å²) in [6, 6.07) is 7.32. The van der Waals surface area contributed by atoms with Crippen LogP contribution in [0.5, 0.6) is 0 Å². The SMILES string of the molecule is CCC1CCCC(C#N)(Cc2ccc(F)c(Cl)c2)C1. The molecule has 1 aromatic carbocycles. The van der Waals surface area contributed by atoms with Crippen molar-refractivity contribution in [2.24, 2.45) is 11.3 Å². The molecule has 3 heteroatoms. The fourth-order valence-electron chi connectivity index (χ4n) is 3.18. The molecule has 2 atom stereocenters. The Balaban J connectivity index is 2.18. The lowest BCUT2D eigenvalue weighted by atomic mass is 9.67. The Morgan fingerprint density at radius 2 is 2.32 bits per heavy atom. The Morgan fingerprint density at radius 1 is 1.53 bits per heavy atom. The largest absolute Gasteiger partial charge is 0.205 e. The molecule has 0 radical (unpaired) electrons. The van der Waals surface area contributed by atoms with Crippen molar-refractivity contribution >= 4 is 11.6 Å². The second kappa shape index (κ2) is 5.92. The molecule has 1 saturated carbocycles. The van der Waals surface area contributed by atoms with Gasteiger partial charge < -0.3 is 0 Å². The van der Waals surface area contributed by atoms with Crippen LogP contribution in [0.25, 0.3) is 0 Å². The zero-order valence-corrected chi connectivity index (χ0v) is 12.0. The van der Waals surface area contributed by atoms with Crippen LogP contribution in [0.2, 0.25) is 5.02 Å². The third-order valence-corrected chi connectivity index (χ3v) is 4.58. The maximum atomic E-state index is 13.2. The molecule has 2 unspecified atom stereocenters. The number of nitriles is 1.